The highest BCUT2D eigenvalue weighted by atomic mass is 19.1. The van der Waals surface area contributed by atoms with Crippen molar-refractivity contribution in [1.29, 1.82) is 0 Å². The first-order valence-corrected chi connectivity index (χ1v) is 6.04. The third-order valence-electron chi connectivity index (χ3n) is 3.65. The van der Waals surface area contributed by atoms with Crippen LogP contribution in [0.2, 0.25) is 0 Å². The summed E-state index contributed by atoms with van der Waals surface area (Å²) in [6.07, 6.45) is 3.13. The molecule has 0 saturated heterocycles. The summed E-state index contributed by atoms with van der Waals surface area (Å²) in [4.78, 5) is 12.0. The number of hydrogen-bond donors (Lipinski definition) is 0. The average Bonchev–Trinajstić information content (AvgIpc) is 2.68. The Kier molecular flexibility index (Phi) is 3.55. The third kappa shape index (κ3) is 2.71. The first kappa shape index (κ1) is 12.2. The average molecular weight is 238 g/mol. The van der Waals surface area contributed by atoms with E-state index in [1.54, 1.807) is 0 Å². The van der Waals surface area contributed by atoms with E-state index < -0.39 is 11.6 Å². The van der Waals surface area contributed by atoms with E-state index in [0.29, 0.717) is 11.5 Å². The van der Waals surface area contributed by atoms with Gasteiger partial charge in [0.05, 0.1) is 0 Å². The van der Waals surface area contributed by atoms with Gasteiger partial charge < -0.3 is 0 Å². The van der Waals surface area contributed by atoms with Crippen LogP contribution < -0.4 is 0 Å². The minimum absolute atomic E-state index is 0.0550. The van der Waals surface area contributed by atoms with Gasteiger partial charge in [0.15, 0.2) is 0 Å². The van der Waals surface area contributed by atoms with Crippen molar-refractivity contribution in [3.63, 3.8) is 0 Å². The van der Waals surface area contributed by atoms with Crippen LogP contribution in [0.15, 0.2) is 18.2 Å². The van der Waals surface area contributed by atoms with Gasteiger partial charge in [0.2, 0.25) is 0 Å². The zero-order valence-electron chi connectivity index (χ0n) is 9.88. The predicted octanol–water partition coefficient (Wildman–Crippen LogP) is 3.51. The molecule has 0 heterocycles. The van der Waals surface area contributed by atoms with E-state index in [0.717, 1.165) is 25.3 Å². The summed E-state index contributed by atoms with van der Waals surface area (Å²) >= 11 is 0. The van der Waals surface area contributed by atoms with E-state index in [4.69, 9.17) is 0 Å². The molecule has 2 rings (SSSR count). The fourth-order valence-electron chi connectivity index (χ4n) is 2.61. The molecule has 1 saturated carbocycles. The Bertz CT molecular complexity index is 428. The van der Waals surface area contributed by atoms with Gasteiger partial charge in [-0.3, -0.25) is 4.79 Å². The number of carbonyl (C=O) groups is 1. The Balaban J connectivity index is 2.07. The summed E-state index contributed by atoms with van der Waals surface area (Å²) in [6.45, 7) is 2.07. The molecule has 0 spiro atoms. The van der Waals surface area contributed by atoms with Gasteiger partial charge in [0, 0.05) is 18.4 Å². The van der Waals surface area contributed by atoms with Gasteiger partial charge in [-0.05, 0) is 30.4 Å². The van der Waals surface area contributed by atoms with Crippen molar-refractivity contribution in [3.8, 4) is 0 Å². The van der Waals surface area contributed by atoms with Crippen LogP contribution in [0.1, 0.15) is 31.7 Å². The van der Waals surface area contributed by atoms with Gasteiger partial charge in [-0.15, -0.1) is 0 Å². The van der Waals surface area contributed by atoms with Crippen molar-refractivity contribution in [2.45, 2.75) is 32.6 Å². The molecule has 3 heteroatoms. The number of rotatable bonds is 3. The molecule has 92 valence electrons. The maximum Gasteiger partial charge on any atom is 0.140 e. The molecule has 1 aliphatic rings. The summed E-state index contributed by atoms with van der Waals surface area (Å²) < 4.78 is 26.1. The van der Waals surface area contributed by atoms with Crippen LogP contribution in [0.25, 0.3) is 0 Å². The summed E-state index contributed by atoms with van der Waals surface area (Å²) in [5, 5.41) is 0. The Labute approximate surface area is 99.8 Å². The molecule has 0 aliphatic heterocycles. The van der Waals surface area contributed by atoms with E-state index in [1.807, 2.05) is 0 Å². The lowest BCUT2D eigenvalue weighted by Crippen LogP contribution is -2.19. The molecule has 1 aromatic carbocycles. The lowest BCUT2D eigenvalue weighted by Gasteiger charge is -2.14. The van der Waals surface area contributed by atoms with Crippen molar-refractivity contribution >= 4 is 5.78 Å². The van der Waals surface area contributed by atoms with Crippen LogP contribution in [0.5, 0.6) is 0 Å². The number of carbonyl (C=O) groups excluding carboxylic acids is 1. The monoisotopic (exact) mass is 238 g/mol. The molecular formula is C14H16F2O. The first-order valence-electron chi connectivity index (χ1n) is 6.04. The van der Waals surface area contributed by atoms with Crippen LogP contribution in [0, 0.1) is 23.5 Å². The fraction of sp³-hybridized carbons (Fsp3) is 0.500. The Hall–Kier alpha value is -1.25. The number of halogens is 2. The highest BCUT2D eigenvalue weighted by Gasteiger charge is 2.29. The summed E-state index contributed by atoms with van der Waals surface area (Å²) in [5.41, 5.74) is 0.301. The van der Waals surface area contributed by atoms with Crippen molar-refractivity contribution < 1.29 is 13.6 Å². The highest BCUT2D eigenvalue weighted by Crippen LogP contribution is 2.32. The second-order valence-electron chi connectivity index (χ2n) is 4.89. The van der Waals surface area contributed by atoms with Crippen molar-refractivity contribution in [1.82, 2.24) is 0 Å². The quantitative estimate of drug-likeness (QED) is 0.787. The van der Waals surface area contributed by atoms with Crippen LogP contribution in [0.3, 0.4) is 0 Å². The molecule has 2 atom stereocenters. The zero-order chi connectivity index (χ0) is 12.4. The van der Waals surface area contributed by atoms with Gasteiger partial charge in [0.25, 0.3) is 0 Å². The molecule has 0 N–H and O–H groups in total. The summed E-state index contributed by atoms with van der Waals surface area (Å²) in [5.74, 6) is -0.692. The molecule has 0 bridgehead atoms. The van der Waals surface area contributed by atoms with Crippen LogP contribution in [-0.4, -0.2) is 5.78 Å². The van der Waals surface area contributed by atoms with E-state index in [-0.39, 0.29) is 18.1 Å². The topological polar surface area (TPSA) is 17.1 Å². The molecule has 0 radical (unpaired) electrons. The normalized spacial score (nSPS) is 23.9. The fourth-order valence-corrected chi connectivity index (χ4v) is 2.61. The molecule has 1 nitrogen and oxygen atoms in total. The van der Waals surface area contributed by atoms with Crippen LogP contribution in [0.4, 0.5) is 8.78 Å². The standard InChI is InChI=1S/C14H16F2O/c1-9-3-2-4-12(9)14(17)7-10-5-6-11(15)8-13(10)16/h5-6,8-9,12H,2-4,7H2,1H3. The second-order valence-corrected chi connectivity index (χ2v) is 4.89. The lowest BCUT2D eigenvalue weighted by molar-refractivity contribution is -0.123. The zero-order valence-corrected chi connectivity index (χ0v) is 9.88. The highest BCUT2D eigenvalue weighted by molar-refractivity contribution is 5.83. The molecule has 0 aromatic heterocycles. The molecule has 1 fully saturated rings. The lowest BCUT2D eigenvalue weighted by atomic mass is 9.90. The van der Waals surface area contributed by atoms with E-state index in [2.05, 4.69) is 6.92 Å². The van der Waals surface area contributed by atoms with Crippen LogP contribution >= 0.6 is 0 Å². The van der Waals surface area contributed by atoms with Gasteiger partial charge in [0.1, 0.15) is 17.4 Å². The van der Waals surface area contributed by atoms with Crippen LogP contribution in [-0.2, 0) is 11.2 Å². The maximum atomic E-state index is 13.4. The SMILES string of the molecule is CC1CCCC1C(=O)Cc1ccc(F)cc1F. The van der Waals surface area contributed by atoms with Crippen molar-refractivity contribution in [3.05, 3.63) is 35.4 Å². The molecule has 1 aromatic rings. The number of hydrogen-bond acceptors (Lipinski definition) is 1. The predicted molar refractivity (Wildman–Crippen MR) is 61.6 cm³/mol. The number of Topliss-reactive ketones (excluding diaryl/α,β-unsaturated/α-hetero) is 1. The van der Waals surface area contributed by atoms with Crippen molar-refractivity contribution in [2.24, 2.45) is 11.8 Å². The Morgan fingerprint density at radius 2 is 2.12 bits per heavy atom. The number of benzene rings is 1. The maximum absolute atomic E-state index is 13.4. The minimum Gasteiger partial charge on any atom is -0.299 e. The third-order valence-corrected chi connectivity index (χ3v) is 3.65. The molecule has 1 aliphatic carbocycles. The first-order chi connectivity index (χ1) is 8.08. The molecule has 0 amide bonds. The molecular weight excluding hydrogens is 222 g/mol. The van der Waals surface area contributed by atoms with Crippen molar-refractivity contribution in [2.75, 3.05) is 0 Å². The van der Waals surface area contributed by atoms with Gasteiger partial charge in [-0.25, -0.2) is 8.78 Å². The molecule has 2 unspecified atom stereocenters. The number of ketones is 1. The summed E-state index contributed by atoms with van der Waals surface area (Å²) in [6, 6.07) is 3.40. The minimum atomic E-state index is -0.621. The smallest absolute Gasteiger partial charge is 0.140 e. The Morgan fingerprint density at radius 3 is 2.71 bits per heavy atom. The van der Waals surface area contributed by atoms with Gasteiger partial charge >= 0.3 is 0 Å². The Morgan fingerprint density at radius 1 is 1.35 bits per heavy atom. The van der Waals surface area contributed by atoms with E-state index in [9.17, 15) is 13.6 Å². The second kappa shape index (κ2) is 4.94. The van der Waals surface area contributed by atoms with E-state index >= 15 is 0 Å². The largest absolute Gasteiger partial charge is 0.299 e. The van der Waals surface area contributed by atoms with Gasteiger partial charge in [-0.1, -0.05) is 19.4 Å². The summed E-state index contributed by atoms with van der Waals surface area (Å²) in [7, 11) is 0. The van der Waals surface area contributed by atoms with E-state index in [1.165, 1.54) is 12.1 Å². The molecule has 17 heavy (non-hydrogen) atoms. The van der Waals surface area contributed by atoms with Gasteiger partial charge in [-0.2, -0.15) is 0 Å².